The topological polar surface area (TPSA) is 103 Å². The number of nitrogens with one attached hydrogen (secondary N) is 1. The van der Waals surface area contributed by atoms with E-state index in [2.05, 4.69) is 26.1 Å². The first-order valence-corrected chi connectivity index (χ1v) is 12.2. The van der Waals surface area contributed by atoms with E-state index in [1.54, 1.807) is 11.3 Å². The number of anilines is 1. The lowest BCUT2D eigenvalue weighted by Crippen LogP contribution is -2.18. The van der Waals surface area contributed by atoms with Gasteiger partial charge in [-0.15, -0.1) is 21.5 Å². The number of nitrogens with zero attached hydrogens (tertiary/aromatic N) is 4. The van der Waals surface area contributed by atoms with Crippen molar-refractivity contribution in [2.45, 2.75) is 49.7 Å². The van der Waals surface area contributed by atoms with Gasteiger partial charge in [-0.05, 0) is 36.4 Å². The van der Waals surface area contributed by atoms with E-state index in [1.807, 2.05) is 11.4 Å². The SMILES string of the molecule is O=C(CSc1nnc(Cc2cccs2)n1C1CCCCC1)Nc1ccc(F)c([N+](=O)[O-])c1. The number of hydrogen-bond acceptors (Lipinski definition) is 7. The Morgan fingerprint density at radius 2 is 2.09 bits per heavy atom. The second-order valence-corrected chi connectivity index (χ2v) is 9.55. The van der Waals surface area contributed by atoms with Gasteiger partial charge in [0.2, 0.25) is 11.7 Å². The molecule has 1 saturated carbocycles. The van der Waals surface area contributed by atoms with Crippen LogP contribution in [0.1, 0.15) is 48.8 Å². The van der Waals surface area contributed by atoms with E-state index in [4.69, 9.17) is 0 Å². The number of nitro groups is 1. The summed E-state index contributed by atoms with van der Waals surface area (Å²) < 4.78 is 15.7. The molecule has 1 fully saturated rings. The number of rotatable bonds is 8. The number of aromatic nitrogens is 3. The third-order valence-corrected chi connectivity index (χ3v) is 7.17. The Bertz CT molecular complexity index is 1100. The fourth-order valence-corrected chi connectivity index (χ4v) is 5.38. The van der Waals surface area contributed by atoms with Gasteiger partial charge in [-0.25, -0.2) is 0 Å². The molecule has 1 aromatic carbocycles. The van der Waals surface area contributed by atoms with Gasteiger partial charge in [0.05, 0.1) is 10.7 Å². The molecule has 4 rings (SSSR count). The number of halogens is 1. The molecule has 8 nitrogen and oxygen atoms in total. The smallest absolute Gasteiger partial charge is 0.306 e. The Labute approximate surface area is 192 Å². The van der Waals surface area contributed by atoms with Gasteiger partial charge in [0, 0.05) is 29.1 Å². The van der Waals surface area contributed by atoms with E-state index < -0.39 is 16.4 Å². The molecule has 32 heavy (non-hydrogen) atoms. The lowest BCUT2D eigenvalue weighted by Gasteiger charge is -2.25. The van der Waals surface area contributed by atoms with E-state index in [-0.39, 0.29) is 17.3 Å². The average molecular weight is 476 g/mol. The normalized spacial score (nSPS) is 14.4. The van der Waals surface area contributed by atoms with Crippen LogP contribution < -0.4 is 5.32 Å². The highest BCUT2D eigenvalue weighted by atomic mass is 32.2. The highest BCUT2D eigenvalue weighted by Crippen LogP contribution is 2.33. The Hall–Kier alpha value is -2.79. The molecule has 1 amide bonds. The van der Waals surface area contributed by atoms with Gasteiger partial charge < -0.3 is 9.88 Å². The minimum atomic E-state index is -0.943. The van der Waals surface area contributed by atoms with E-state index in [0.717, 1.165) is 43.6 Å². The van der Waals surface area contributed by atoms with Crippen molar-refractivity contribution in [1.29, 1.82) is 0 Å². The van der Waals surface area contributed by atoms with Crippen LogP contribution in [0.25, 0.3) is 0 Å². The van der Waals surface area contributed by atoms with Gasteiger partial charge in [-0.1, -0.05) is 37.1 Å². The molecule has 168 valence electrons. The molecule has 1 aliphatic rings. The van der Waals surface area contributed by atoms with Crippen LogP contribution in [0.4, 0.5) is 15.8 Å². The lowest BCUT2D eigenvalue weighted by atomic mass is 9.95. The van der Waals surface area contributed by atoms with Crippen molar-refractivity contribution in [3.05, 3.63) is 62.3 Å². The maximum atomic E-state index is 13.5. The quantitative estimate of drug-likeness (QED) is 0.272. The lowest BCUT2D eigenvalue weighted by molar-refractivity contribution is -0.387. The number of carbonyl (C=O) groups is 1. The Balaban J connectivity index is 1.46. The minimum Gasteiger partial charge on any atom is -0.325 e. The Morgan fingerprint density at radius 1 is 1.28 bits per heavy atom. The summed E-state index contributed by atoms with van der Waals surface area (Å²) >= 11 is 2.97. The van der Waals surface area contributed by atoms with Crippen molar-refractivity contribution in [2.75, 3.05) is 11.1 Å². The van der Waals surface area contributed by atoms with Gasteiger partial charge >= 0.3 is 5.69 Å². The standard InChI is InChI=1S/C21H22FN5O3S2/c22-17-9-8-14(11-18(17)27(29)30)23-20(28)13-32-21-25-24-19(12-16-7-4-10-31-16)26(21)15-5-2-1-3-6-15/h4,7-11,15H,1-3,5-6,12-13H2,(H,23,28). The molecular weight excluding hydrogens is 453 g/mol. The van der Waals surface area contributed by atoms with Crippen LogP contribution in [0.15, 0.2) is 40.9 Å². The van der Waals surface area contributed by atoms with Crippen molar-refractivity contribution in [3.8, 4) is 0 Å². The molecule has 0 bridgehead atoms. The zero-order valence-electron chi connectivity index (χ0n) is 17.2. The molecule has 1 N–H and O–H groups in total. The number of thioether (sulfide) groups is 1. The van der Waals surface area contributed by atoms with E-state index in [0.29, 0.717) is 17.6 Å². The third kappa shape index (κ3) is 5.33. The summed E-state index contributed by atoms with van der Waals surface area (Å²) in [5.74, 6) is -0.332. The molecule has 0 spiro atoms. The molecule has 0 unspecified atom stereocenters. The van der Waals surface area contributed by atoms with Crippen molar-refractivity contribution in [1.82, 2.24) is 14.8 Å². The average Bonchev–Trinajstić information content (AvgIpc) is 3.44. The third-order valence-electron chi connectivity index (χ3n) is 5.35. The summed E-state index contributed by atoms with van der Waals surface area (Å²) in [6.45, 7) is 0. The Morgan fingerprint density at radius 3 is 2.81 bits per heavy atom. The summed E-state index contributed by atoms with van der Waals surface area (Å²) in [6.07, 6.45) is 6.38. The summed E-state index contributed by atoms with van der Waals surface area (Å²) in [7, 11) is 0. The monoisotopic (exact) mass is 475 g/mol. The molecule has 0 radical (unpaired) electrons. The van der Waals surface area contributed by atoms with Crippen LogP contribution in [-0.4, -0.2) is 31.3 Å². The van der Waals surface area contributed by atoms with Crippen molar-refractivity contribution < 1.29 is 14.1 Å². The number of thiophene rings is 1. The van der Waals surface area contributed by atoms with Gasteiger partial charge in [-0.3, -0.25) is 14.9 Å². The van der Waals surface area contributed by atoms with Crippen LogP contribution in [-0.2, 0) is 11.2 Å². The van der Waals surface area contributed by atoms with E-state index in [1.165, 1.54) is 29.1 Å². The summed E-state index contributed by atoms with van der Waals surface area (Å²) in [5, 5.41) is 25.0. The zero-order chi connectivity index (χ0) is 22.5. The zero-order valence-corrected chi connectivity index (χ0v) is 18.8. The molecule has 2 heterocycles. The minimum absolute atomic E-state index is 0.0645. The summed E-state index contributed by atoms with van der Waals surface area (Å²) in [4.78, 5) is 23.7. The number of benzene rings is 1. The molecule has 3 aromatic rings. The first kappa shape index (κ1) is 22.4. The molecule has 0 atom stereocenters. The molecule has 0 aliphatic heterocycles. The highest BCUT2D eigenvalue weighted by Gasteiger charge is 2.24. The van der Waals surface area contributed by atoms with E-state index >= 15 is 0 Å². The first-order valence-electron chi connectivity index (χ1n) is 10.3. The molecule has 1 aliphatic carbocycles. The number of nitro benzene ring substituents is 1. The second kappa shape index (κ2) is 10.2. The number of carbonyl (C=O) groups excluding carboxylic acids is 1. The van der Waals surface area contributed by atoms with Crippen molar-refractivity contribution >= 4 is 40.4 Å². The first-order chi connectivity index (χ1) is 15.5. The predicted octanol–water partition coefficient (Wildman–Crippen LogP) is 5.21. The Kier molecular flexibility index (Phi) is 7.15. The fourth-order valence-electron chi connectivity index (χ4n) is 3.86. The summed E-state index contributed by atoms with van der Waals surface area (Å²) in [6, 6.07) is 7.69. The maximum absolute atomic E-state index is 13.5. The predicted molar refractivity (Wildman–Crippen MR) is 122 cm³/mol. The molecule has 2 aromatic heterocycles. The van der Waals surface area contributed by atoms with Gasteiger partial charge in [0.25, 0.3) is 0 Å². The highest BCUT2D eigenvalue weighted by molar-refractivity contribution is 7.99. The molecule has 0 saturated heterocycles. The fraction of sp³-hybridized carbons (Fsp3) is 0.381. The molecule has 11 heteroatoms. The molecular formula is C21H22FN5O3S2. The van der Waals surface area contributed by atoms with Gasteiger partial charge in [0.15, 0.2) is 5.16 Å². The van der Waals surface area contributed by atoms with Gasteiger partial charge in [0.1, 0.15) is 5.82 Å². The van der Waals surface area contributed by atoms with Crippen LogP contribution >= 0.6 is 23.1 Å². The van der Waals surface area contributed by atoms with Crippen LogP contribution in [0.3, 0.4) is 0 Å². The van der Waals surface area contributed by atoms with Crippen molar-refractivity contribution in [3.63, 3.8) is 0 Å². The van der Waals surface area contributed by atoms with Crippen LogP contribution in [0, 0.1) is 15.9 Å². The van der Waals surface area contributed by atoms with Crippen molar-refractivity contribution in [2.24, 2.45) is 0 Å². The maximum Gasteiger partial charge on any atom is 0.306 e. The van der Waals surface area contributed by atoms with Crippen LogP contribution in [0.2, 0.25) is 0 Å². The largest absolute Gasteiger partial charge is 0.325 e. The van der Waals surface area contributed by atoms with Gasteiger partial charge in [-0.2, -0.15) is 4.39 Å². The number of hydrogen-bond donors (Lipinski definition) is 1. The second-order valence-electron chi connectivity index (χ2n) is 7.58. The van der Waals surface area contributed by atoms with E-state index in [9.17, 15) is 19.3 Å². The summed E-state index contributed by atoms with van der Waals surface area (Å²) in [5.41, 5.74) is -0.499. The van der Waals surface area contributed by atoms with Crippen LogP contribution in [0.5, 0.6) is 0 Å². The number of amides is 1.